The van der Waals surface area contributed by atoms with Crippen LogP contribution in [-0.2, 0) is 9.47 Å². The van der Waals surface area contributed by atoms with Crippen molar-refractivity contribution >= 4 is 0 Å². The van der Waals surface area contributed by atoms with Crippen LogP contribution in [0.2, 0.25) is 0 Å². The molecule has 1 saturated heterocycles. The minimum absolute atomic E-state index is 0.582. The van der Waals surface area contributed by atoms with Crippen LogP contribution in [0.25, 0.3) is 0 Å². The molecule has 1 heterocycles. The molecule has 1 fully saturated rings. The van der Waals surface area contributed by atoms with Gasteiger partial charge in [-0.3, -0.25) is 4.90 Å². The van der Waals surface area contributed by atoms with Crippen molar-refractivity contribution in [3.8, 4) is 0 Å². The molecule has 0 bridgehead atoms. The largest absolute Gasteiger partial charge is 0.384 e. The van der Waals surface area contributed by atoms with Crippen LogP contribution < -0.4 is 5.32 Å². The molecule has 1 rings (SSSR count). The van der Waals surface area contributed by atoms with Crippen LogP contribution in [0.3, 0.4) is 0 Å². The fourth-order valence-corrected chi connectivity index (χ4v) is 2.48. The molecule has 0 radical (unpaired) electrons. The highest BCUT2D eigenvalue weighted by atomic mass is 16.5. The smallest absolute Gasteiger partial charge is 0.0589 e. The Morgan fingerprint density at radius 2 is 2.18 bits per heavy atom. The first-order chi connectivity index (χ1) is 8.26. The van der Waals surface area contributed by atoms with Gasteiger partial charge in [0.1, 0.15) is 0 Å². The maximum atomic E-state index is 5.21. The first-order valence-electron chi connectivity index (χ1n) is 6.70. The van der Waals surface area contributed by atoms with Gasteiger partial charge < -0.3 is 14.8 Å². The van der Waals surface area contributed by atoms with Gasteiger partial charge in [0.05, 0.1) is 6.61 Å². The van der Waals surface area contributed by atoms with Gasteiger partial charge in [-0.1, -0.05) is 6.92 Å². The third-order valence-corrected chi connectivity index (χ3v) is 3.27. The lowest BCUT2D eigenvalue weighted by Crippen LogP contribution is -2.41. The minimum atomic E-state index is 0.582. The molecule has 17 heavy (non-hydrogen) atoms. The summed E-state index contributed by atoms with van der Waals surface area (Å²) in [4.78, 5) is 2.50. The second-order valence-electron chi connectivity index (χ2n) is 5.11. The van der Waals surface area contributed by atoms with Gasteiger partial charge in [0.25, 0.3) is 0 Å². The van der Waals surface area contributed by atoms with Crippen molar-refractivity contribution in [1.29, 1.82) is 0 Å². The van der Waals surface area contributed by atoms with E-state index in [1.54, 1.807) is 14.2 Å². The Kier molecular flexibility index (Phi) is 7.77. The Morgan fingerprint density at radius 3 is 2.76 bits per heavy atom. The molecular formula is C13H28N2O2. The maximum absolute atomic E-state index is 5.21. The van der Waals surface area contributed by atoms with Gasteiger partial charge in [0, 0.05) is 46.5 Å². The molecule has 4 heteroatoms. The highest BCUT2D eigenvalue weighted by Gasteiger charge is 2.19. The molecule has 0 aromatic rings. The van der Waals surface area contributed by atoms with Crippen LogP contribution in [0.15, 0.2) is 0 Å². The molecule has 0 aromatic heterocycles. The Balaban J connectivity index is 2.30. The number of nitrogens with zero attached hydrogens (tertiary/aromatic N) is 1. The third-order valence-electron chi connectivity index (χ3n) is 3.27. The maximum Gasteiger partial charge on any atom is 0.0589 e. The molecule has 0 saturated carbocycles. The van der Waals surface area contributed by atoms with E-state index >= 15 is 0 Å². The standard InChI is InChI=1S/C13H28N2O2/c1-12(11-17-3)9-15(7-8-16-2)10-13-5-4-6-14-13/h12-14H,4-11H2,1-3H3. The highest BCUT2D eigenvalue weighted by molar-refractivity contribution is 4.78. The zero-order chi connectivity index (χ0) is 12.5. The summed E-state index contributed by atoms with van der Waals surface area (Å²) in [6.45, 7) is 8.31. The van der Waals surface area contributed by atoms with Crippen LogP contribution in [0.5, 0.6) is 0 Å². The van der Waals surface area contributed by atoms with Crippen molar-refractivity contribution in [3.63, 3.8) is 0 Å². The molecule has 2 atom stereocenters. The summed E-state index contributed by atoms with van der Waals surface area (Å²) in [5.41, 5.74) is 0. The van der Waals surface area contributed by atoms with Crippen LogP contribution in [-0.4, -0.2) is 64.6 Å². The van der Waals surface area contributed by atoms with Gasteiger partial charge >= 0.3 is 0 Å². The zero-order valence-corrected chi connectivity index (χ0v) is 11.6. The summed E-state index contributed by atoms with van der Waals surface area (Å²) in [6.07, 6.45) is 2.62. The summed E-state index contributed by atoms with van der Waals surface area (Å²) in [6, 6.07) is 0.668. The van der Waals surface area contributed by atoms with Gasteiger partial charge in [-0.15, -0.1) is 0 Å². The van der Waals surface area contributed by atoms with E-state index in [9.17, 15) is 0 Å². The molecule has 4 nitrogen and oxygen atoms in total. The molecule has 0 amide bonds. The second kappa shape index (κ2) is 8.86. The van der Waals surface area contributed by atoms with E-state index in [-0.39, 0.29) is 0 Å². The summed E-state index contributed by atoms with van der Waals surface area (Å²) in [7, 11) is 3.54. The molecule has 1 aliphatic heterocycles. The Hall–Kier alpha value is -0.160. The molecule has 2 unspecified atom stereocenters. The van der Waals surface area contributed by atoms with Crippen LogP contribution in [0.4, 0.5) is 0 Å². The second-order valence-corrected chi connectivity index (χ2v) is 5.11. The van der Waals surface area contributed by atoms with Gasteiger partial charge in [0.2, 0.25) is 0 Å². The number of ether oxygens (including phenoxy) is 2. The summed E-state index contributed by atoms with van der Waals surface area (Å²) >= 11 is 0. The Bertz CT molecular complexity index is 184. The normalized spacial score (nSPS) is 22.2. The SMILES string of the molecule is COCCN(CC(C)COC)CC1CCCN1. The average Bonchev–Trinajstić information content (AvgIpc) is 2.79. The van der Waals surface area contributed by atoms with Crippen LogP contribution >= 0.6 is 0 Å². The van der Waals surface area contributed by atoms with Crippen molar-refractivity contribution in [3.05, 3.63) is 0 Å². The minimum Gasteiger partial charge on any atom is -0.384 e. The molecule has 0 aliphatic carbocycles. The lowest BCUT2D eigenvalue weighted by molar-refractivity contribution is 0.102. The number of hydrogen-bond acceptors (Lipinski definition) is 4. The first kappa shape index (κ1) is 14.9. The van der Waals surface area contributed by atoms with Crippen molar-refractivity contribution in [2.24, 2.45) is 5.92 Å². The lowest BCUT2D eigenvalue weighted by Gasteiger charge is -2.27. The van der Waals surface area contributed by atoms with Crippen LogP contribution in [0.1, 0.15) is 19.8 Å². The predicted octanol–water partition coefficient (Wildman–Crippen LogP) is 0.969. The molecule has 0 aromatic carbocycles. The van der Waals surface area contributed by atoms with Gasteiger partial charge in [-0.05, 0) is 25.3 Å². The topological polar surface area (TPSA) is 33.7 Å². The highest BCUT2D eigenvalue weighted by Crippen LogP contribution is 2.09. The van der Waals surface area contributed by atoms with E-state index in [1.165, 1.54) is 19.4 Å². The van der Waals surface area contributed by atoms with E-state index in [1.807, 2.05) is 0 Å². The lowest BCUT2D eigenvalue weighted by atomic mass is 10.1. The average molecular weight is 244 g/mol. The molecule has 1 N–H and O–H groups in total. The van der Waals surface area contributed by atoms with Crippen molar-refractivity contribution < 1.29 is 9.47 Å². The van der Waals surface area contributed by atoms with Crippen molar-refractivity contribution in [1.82, 2.24) is 10.2 Å². The summed E-state index contributed by atoms with van der Waals surface area (Å²) < 4.78 is 10.4. The number of methoxy groups -OCH3 is 2. The van der Waals surface area contributed by atoms with E-state index < -0.39 is 0 Å². The quantitative estimate of drug-likeness (QED) is 0.655. The van der Waals surface area contributed by atoms with Gasteiger partial charge in [-0.2, -0.15) is 0 Å². The summed E-state index contributed by atoms with van der Waals surface area (Å²) in [5, 5.41) is 3.55. The van der Waals surface area contributed by atoms with Gasteiger partial charge in [-0.25, -0.2) is 0 Å². The van der Waals surface area contributed by atoms with E-state index in [0.717, 1.165) is 32.8 Å². The molecular weight excluding hydrogens is 216 g/mol. The van der Waals surface area contributed by atoms with Crippen molar-refractivity contribution in [2.75, 3.05) is 53.6 Å². The fourth-order valence-electron chi connectivity index (χ4n) is 2.48. The number of hydrogen-bond donors (Lipinski definition) is 1. The number of nitrogens with one attached hydrogen (secondary N) is 1. The molecule has 1 aliphatic rings. The Morgan fingerprint density at radius 1 is 1.35 bits per heavy atom. The van der Waals surface area contributed by atoms with E-state index in [4.69, 9.17) is 9.47 Å². The Labute approximate surface area is 106 Å². The monoisotopic (exact) mass is 244 g/mol. The zero-order valence-electron chi connectivity index (χ0n) is 11.6. The molecule has 0 spiro atoms. The van der Waals surface area contributed by atoms with E-state index in [0.29, 0.717) is 12.0 Å². The van der Waals surface area contributed by atoms with E-state index in [2.05, 4.69) is 17.1 Å². The fraction of sp³-hybridized carbons (Fsp3) is 1.00. The predicted molar refractivity (Wildman–Crippen MR) is 70.4 cm³/mol. The number of rotatable bonds is 9. The summed E-state index contributed by atoms with van der Waals surface area (Å²) in [5.74, 6) is 0.582. The third kappa shape index (κ3) is 6.36. The first-order valence-corrected chi connectivity index (χ1v) is 6.70. The molecule has 102 valence electrons. The van der Waals surface area contributed by atoms with Gasteiger partial charge in [0.15, 0.2) is 0 Å². The van der Waals surface area contributed by atoms with Crippen molar-refractivity contribution in [2.45, 2.75) is 25.8 Å². The van der Waals surface area contributed by atoms with Crippen LogP contribution in [0, 0.1) is 5.92 Å².